The van der Waals surface area contributed by atoms with Crippen LogP contribution in [0.1, 0.15) is 12.0 Å². The summed E-state index contributed by atoms with van der Waals surface area (Å²) in [5.74, 6) is -0.301. The van der Waals surface area contributed by atoms with Crippen molar-refractivity contribution in [2.24, 2.45) is 0 Å². The van der Waals surface area contributed by atoms with Crippen LogP contribution in [0.4, 0.5) is 5.69 Å². The number of carbonyl (C=O) groups is 1. The lowest BCUT2D eigenvalue weighted by atomic mass is 10.1. The van der Waals surface area contributed by atoms with Crippen LogP contribution in [0.2, 0.25) is 0 Å². The molecule has 0 aliphatic carbocycles. The first-order valence-electron chi connectivity index (χ1n) is 5.88. The van der Waals surface area contributed by atoms with Crippen molar-refractivity contribution in [2.75, 3.05) is 5.06 Å². The zero-order chi connectivity index (χ0) is 12.8. The molecule has 0 radical (unpaired) electrons. The first kappa shape index (κ1) is 12.3. The highest BCUT2D eigenvalue weighted by Crippen LogP contribution is 2.13. The van der Waals surface area contributed by atoms with Crippen LogP contribution < -0.4 is 5.06 Å². The molecule has 1 amide bonds. The van der Waals surface area contributed by atoms with Gasteiger partial charge in [0.15, 0.2) is 0 Å². The lowest BCUT2D eigenvalue weighted by Crippen LogP contribution is -2.27. The number of anilines is 1. The second-order valence-corrected chi connectivity index (χ2v) is 4.03. The molecule has 0 heterocycles. The zero-order valence-corrected chi connectivity index (χ0v) is 9.99. The smallest absolute Gasteiger partial charge is 0.251 e. The summed E-state index contributed by atoms with van der Waals surface area (Å²) < 4.78 is 0. The fraction of sp³-hybridized carbons (Fsp3) is 0.133. The molecule has 2 rings (SSSR count). The minimum Gasteiger partial charge on any atom is -0.281 e. The van der Waals surface area contributed by atoms with E-state index in [4.69, 9.17) is 0 Å². The molecule has 18 heavy (non-hydrogen) atoms. The number of para-hydroxylation sites is 1. The topological polar surface area (TPSA) is 40.5 Å². The van der Waals surface area contributed by atoms with Crippen LogP contribution in [0.3, 0.4) is 0 Å². The summed E-state index contributed by atoms with van der Waals surface area (Å²) in [7, 11) is 0. The molecular formula is C15H15NO2. The van der Waals surface area contributed by atoms with Gasteiger partial charge in [0.1, 0.15) is 0 Å². The number of aryl methyl sites for hydroxylation is 1. The summed E-state index contributed by atoms with van der Waals surface area (Å²) in [4.78, 5) is 11.8. The molecule has 0 atom stereocenters. The van der Waals surface area contributed by atoms with Gasteiger partial charge in [-0.3, -0.25) is 10.0 Å². The van der Waals surface area contributed by atoms with Crippen molar-refractivity contribution in [2.45, 2.75) is 12.8 Å². The van der Waals surface area contributed by atoms with Crippen LogP contribution in [0.25, 0.3) is 0 Å². The van der Waals surface area contributed by atoms with Crippen molar-refractivity contribution in [3.8, 4) is 0 Å². The maximum atomic E-state index is 11.8. The van der Waals surface area contributed by atoms with Gasteiger partial charge in [-0.05, 0) is 24.1 Å². The van der Waals surface area contributed by atoms with E-state index >= 15 is 0 Å². The maximum Gasteiger partial charge on any atom is 0.251 e. The molecule has 0 saturated carbocycles. The Bertz CT molecular complexity index is 496. The normalized spacial score (nSPS) is 10.1. The lowest BCUT2D eigenvalue weighted by molar-refractivity contribution is -0.123. The Hall–Kier alpha value is -2.13. The van der Waals surface area contributed by atoms with Crippen molar-refractivity contribution >= 4 is 11.6 Å². The largest absolute Gasteiger partial charge is 0.281 e. The molecule has 92 valence electrons. The minimum atomic E-state index is -0.301. The van der Waals surface area contributed by atoms with Gasteiger partial charge in [-0.25, -0.2) is 0 Å². The Morgan fingerprint density at radius 3 is 2.11 bits per heavy atom. The molecule has 0 aromatic heterocycles. The lowest BCUT2D eigenvalue weighted by Gasteiger charge is -2.14. The van der Waals surface area contributed by atoms with Gasteiger partial charge < -0.3 is 0 Å². The SMILES string of the molecule is O=C(CCc1ccccc1)N(O)c1ccccc1. The maximum absolute atomic E-state index is 11.8. The van der Waals surface area contributed by atoms with E-state index in [0.29, 0.717) is 17.2 Å². The number of hydrogen-bond donors (Lipinski definition) is 1. The van der Waals surface area contributed by atoms with E-state index in [1.165, 1.54) is 0 Å². The average molecular weight is 241 g/mol. The van der Waals surface area contributed by atoms with E-state index in [1.807, 2.05) is 36.4 Å². The third-order valence-electron chi connectivity index (χ3n) is 2.71. The molecule has 0 spiro atoms. The fourth-order valence-electron chi connectivity index (χ4n) is 1.72. The number of benzene rings is 2. The van der Waals surface area contributed by atoms with Gasteiger partial charge in [-0.15, -0.1) is 0 Å². The van der Waals surface area contributed by atoms with Crippen molar-refractivity contribution in [1.29, 1.82) is 0 Å². The van der Waals surface area contributed by atoms with Crippen molar-refractivity contribution < 1.29 is 10.0 Å². The predicted molar refractivity (Wildman–Crippen MR) is 70.5 cm³/mol. The summed E-state index contributed by atoms with van der Waals surface area (Å²) >= 11 is 0. The van der Waals surface area contributed by atoms with Gasteiger partial charge in [-0.1, -0.05) is 48.5 Å². The molecule has 2 aromatic carbocycles. The molecule has 0 aliphatic rings. The Morgan fingerprint density at radius 1 is 0.944 bits per heavy atom. The average Bonchev–Trinajstić information content (AvgIpc) is 2.46. The summed E-state index contributed by atoms with van der Waals surface area (Å²) in [5.41, 5.74) is 1.59. The molecular weight excluding hydrogens is 226 g/mol. The van der Waals surface area contributed by atoms with E-state index in [2.05, 4.69) is 0 Å². The number of hydroxylamine groups is 1. The fourth-order valence-corrected chi connectivity index (χ4v) is 1.72. The molecule has 1 N–H and O–H groups in total. The molecule has 0 saturated heterocycles. The van der Waals surface area contributed by atoms with Crippen LogP contribution >= 0.6 is 0 Å². The van der Waals surface area contributed by atoms with Crippen LogP contribution in [0, 0.1) is 0 Å². The molecule has 3 heteroatoms. The van der Waals surface area contributed by atoms with E-state index in [9.17, 15) is 10.0 Å². The standard InChI is InChI=1S/C15H15NO2/c17-15(12-11-13-7-3-1-4-8-13)16(18)14-9-5-2-6-10-14/h1-10,18H,11-12H2. The van der Waals surface area contributed by atoms with Crippen molar-refractivity contribution in [3.05, 3.63) is 66.2 Å². The number of hydrogen-bond acceptors (Lipinski definition) is 2. The predicted octanol–water partition coefficient (Wildman–Crippen LogP) is 3.04. The first-order valence-corrected chi connectivity index (χ1v) is 5.88. The van der Waals surface area contributed by atoms with Gasteiger partial charge in [-0.2, -0.15) is 5.06 Å². The van der Waals surface area contributed by atoms with E-state index < -0.39 is 0 Å². The first-order chi connectivity index (χ1) is 8.77. The van der Waals surface area contributed by atoms with E-state index in [1.54, 1.807) is 24.3 Å². The summed E-state index contributed by atoms with van der Waals surface area (Å²) in [6.07, 6.45) is 0.916. The molecule has 0 unspecified atom stereocenters. The minimum absolute atomic E-state index is 0.287. The highest BCUT2D eigenvalue weighted by atomic mass is 16.5. The van der Waals surface area contributed by atoms with Gasteiger partial charge in [0.2, 0.25) is 0 Å². The van der Waals surface area contributed by atoms with Crippen LogP contribution in [0.15, 0.2) is 60.7 Å². The number of rotatable bonds is 4. The van der Waals surface area contributed by atoms with Crippen LogP contribution in [-0.2, 0) is 11.2 Å². The van der Waals surface area contributed by atoms with E-state index in [0.717, 1.165) is 5.56 Å². The molecule has 2 aromatic rings. The highest BCUT2D eigenvalue weighted by Gasteiger charge is 2.12. The van der Waals surface area contributed by atoms with Crippen LogP contribution in [-0.4, -0.2) is 11.1 Å². The summed E-state index contributed by atoms with van der Waals surface area (Å²) in [6, 6.07) is 18.5. The molecule has 0 bridgehead atoms. The monoisotopic (exact) mass is 241 g/mol. The number of amides is 1. The Morgan fingerprint density at radius 2 is 1.50 bits per heavy atom. The number of nitrogens with zero attached hydrogens (tertiary/aromatic N) is 1. The Labute approximate surface area is 106 Å². The number of carbonyl (C=O) groups excluding carboxylic acids is 1. The van der Waals surface area contributed by atoms with Gasteiger partial charge in [0, 0.05) is 6.42 Å². The van der Waals surface area contributed by atoms with Crippen LogP contribution in [0.5, 0.6) is 0 Å². The van der Waals surface area contributed by atoms with Gasteiger partial charge in [0.25, 0.3) is 5.91 Å². The van der Waals surface area contributed by atoms with Gasteiger partial charge in [0.05, 0.1) is 5.69 Å². The Balaban J connectivity index is 1.93. The van der Waals surface area contributed by atoms with E-state index in [-0.39, 0.29) is 12.3 Å². The van der Waals surface area contributed by atoms with Crippen molar-refractivity contribution in [3.63, 3.8) is 0 Å². The van der Waals surface area contributed by atoms with Gasteiger partial charge >= 0.3 is 0 Å². The second-order valence-electron chi connectivity index (χ2n) is 4.03. The molecule has 0 aliphatic heterocycles. The zero-order valence-electron chi connectivity index (χ0n) is 9.99. The molecule has 0 fully saturated rings. The van der Waals surface area contributed by atoms with Crippen molar-refractivity contribution in [1.82, 2.24) is 0 Å². The second kappa shape index (κ2) is 5.98. The molecule has 3 nitrogen and oxygen atoms in total. The summed E-state index contributed by atoms with van der Waals surface area (Å²) in [5, 5.41) is 10.5. The quantitative estimate of drug-likeness (QED) is 0.660. The summed E-state index contributed by atoms with van der Waals surface area (Å²) in [6.45, 7) is 0. The third-order valence-corrected chi connectivity index (χ3v) is 2.71. The highest BCUT2D eigenvalue weighted by molar-refractivity contribution is 5.90. The Kier molecular flexibility index (Phi) is 4.10. The third kappa shape index (κ3) is 3.18.